The van der Waals surface area contributed by atoms with Crippen molar-refractivity contribution >= 4 is 5.96 Å². The minimum Gasteiger partial charge on any atom is -0.370 e. The molecule has 0 aromatic carbocycles. The zero-order chi connectivity index (χ0) is 9.52. The Bertz CT molecular complexity index is 153. The van der Waals surface area contributed by atoms with Crippen LogP contribution in [0.5, 0.6) is 0 Å². The largest absolute Gasteiger partial charge is 0.370 e. The maximum absolute atomic E-state index is 6.93. The highest BCUT2D eigenvalue weighted by Gasteiger charge is 2.13. The summed E-state index contributed by atoms with van der Waals surface area (Å²) in [5.41, 5.74) is 5.13. The zero-order valence-corrected chi connectivity index (χ0v) is 7.84. The van der Waals surface area contributed by atoms with Gasteiger partial charge in [0.25, 0.3) is 0 Å². The number of nitrogens with zero attached hydrogens (tertiary/aromatic N) is 1. The van der Waals surface area contributed by atoms with Crippen molar-refractivity contribution in [2.75, 3.05) is 26.2 Å². The van der Waals surface area contributed by atoms with E-state index in [2.05, 4.69) is 16.0 Å². The lowest BCUT2D eigenvalue weighted by Crippen LogP contribution is -2.35. The van der Waals surface area contributed by atoms with Crippen molar-refractivity contribution in [1.29, 1.82) is 5.41 Å². The average molecular weight is 184 g/mol. The molecule has 0 spiro atoms. The fourth-order valence-electron chi connectivity index (χ4n) is 1.37. The third-order valence-electron chi connectivity index (χ3n) is 2.09. The summed E-state index contributed by atoms with van der Waals surface area (Å²) in [6.45, 7) is 3.70. The van der Waals surface area contributed by atoms with Crippen LogP contribution >= 0.6 is 0 Å². The highest BCUT2D eigenvalue weighted by Crippen LogP contribution is 1.97. The van der Waals surface area contributed by atoms with Crippen LogP contribution in [0.25, 0.3) is 0 Å². The molecule has 1 unspecified atom stereocenters. The van der Waals surface area contributed by atoms with Crippen LogP contribution < -0.4 is 21.7 Å². The molecule has 5 heteroatoms. The lowest BCUT2D eigenvalue weighted by atomic mass is 10.2. The van der Waals surface area contributed by atoms with Gasteiger partial charge in [-0.3, -0.25) is 5.41 Å². The van der Waals surface area contributed by atoms with Crippen LogP contribution in [0.4, 0.5) is 0 Å². The number of guanidine groups is 1. The molecule has 0 amide bonds. The Labute approximate surface area is 79.0 Å². The lowest BCUT2D eigenvalue weighted by Gasteiger charge is -2.10. The van der Waals surface area contributed by atoms with Crippen molar-refractivity contribution in [2.45, 2.75) is 18.9 Å². The molecule has 1 fully saturated rings. The van der Waals surface area contributed by atoms with Gasteiger partial charge in [-0.2, -0.15) is 0 Å². The molecule has 0 aromatic heterocycles. The Kier molecular flexibility index (Phi) is 4.56. The first-order valence-corrected chi connectivity index (χ1v) is 4.73. The monoisotopic (exact) mass is 184 g/mol. The Morgan fingerprint density at radius 3 is 3.00 bits per heavy atom. The van der Waals surface area contributed by atoms with Crippen molar-refractivity contribution < 1.29 is 0 Å². The van der Waals surface area contributed by atoms with Crippen molar-refractivity contribution in [1.82, 2.24) is 16.0 Å². The van der Waals surface area contributed by atoms with E-state index in [1.165, 1.54) is 6.42 Å². The summed E-state index contributed by atoms with van der Waals surface area (Å²) in [6, 6.07) is 0.581. The van der Waals surface area contributed by atoms with E-state index in [0.29, 0.717) is 6.04 Å². The second-order valence-corrected chi connectivity index (χ2v) is 3.26. The smallest absolute Gasteiger partial charge is 0.185 e. The molecule has 1 saturated heterocycles. The van der Waals surface area contributed by atoms with Gasteiger partial charge < -0.3 is 16.4 Å². The maximum Gasteiger partial charge on any atom is 0.185 e. The van der Waals surface area contributed by atoms with E-state index in [4.69, 9.17) is 11.1 Å². The van der Waals surface area contributed by atoms with Gasteiger partial charge in [0.1, 0.15) is 0 Å². The van der Waals surface area contributed by atoms with Crippen LogP contribution in [0.15, 0.2) is 0 Å². The van der Waals surface area contributed by atoms with E-state index >= 15 is 0 Å². The summed E-state index contributed by atoms with van der Waals surface area (Å²) in [7, 11) is 0. The van der Waals surface area contributed by atoms with Crippen molar-refractivity contribution in [3.63, 3.8) is 0 Å². The summed E-state index contributed by atoms with van der Waals surface area (Å²) < 4.78 is 0. The van der Waals surface area contributed by atoms with Crippen LogP contribution in [0.3, 0.4) is 0 Å². The molecule has 0 aromatic rings. The van der Waals surface area contributed by atoms with Gasteiger partial charge in [-0.05, 0) is 19.4 Å². The Morgan fingerprint density at radius 1 is 1.54 bits per heavy atom. The Hall–Kier alpha value is -0.810. The lowest BCUT2D eigenvalue weighted by molar-refractivity contribution is 0.533. The van der Waals surface area contributed by atoms with Gasteiger partial charge in [0.05, 0.1) is 0 Å². The number of hydrogen-bond acceptors (Lipinski definition) is 2. The summed E-state index contributed by atoms with van der Waals surface area (Å²) in [5.74, 6) is 0.0517. The maximum atomic E-state index is 6.93. The summed E-state index contributed by atoms with van der Waals surface area (Å²) >= 11 is 0. The molecule has 1 aliphatic rings. The third-order valence-corrected chi connectivity index (χ3v) is 2.09. The molecular formula is C8H18N5. The standard InChI is InChI=1S/C8H18N5/c9-8(10)13-4-1-3-12-7-2-5-11-6-7/h7,12H,1-6H2,(H4,9,10,13). The first kappa shape index (κ1) is 10.3. The third kappa shape index (κ3) is 4.69. The second kappa shape index (κ2) is 5.77. The molecule has 1 aliphatic heterocycles. The first-order valence-electron chi connectivity index (χ1n) is 4.73. The quantitative estimate of drug-likeness (QED) is 0.246. The molecule has 0 bridgehead atoms. The minimum absolute atomic E-state index is 0.0517. The van der Waals surface area contributed by atoms with E-state index in [1.807, 2.05) is 0 Å². The average Bonchev–Trinajstić information content (AvgIpc) is 2.55. The van der Waals surface area contributed by atoms with E-state index < -0.39 is 0 Å². The molecule has 0 aliphatic carbocycles. The minimum atomic E-state index is 0.0517. The summed E-state index contributed by atoms with van der Waals surface area (Å²) in [5, 5.41) is 17.4. The van der Waals surface area contributed by atoms with Crippen molar-refractivity contribution in [3.05, 3.63) is 0 Å². The van der Waals surface area contributed by atoms with Gasteiger partial charge in [-0.15, -0.1) is 0 Å². The van der Waals surface area contributed by atoms with E-state index in [9.17, 15) is 0 Å². The number of hydrogen-bond donors (Lipinski definition) is 4. The topological polar surface area (TPSA) is 88.0 Å². The highest BCUT2D eigenvalue weighted by atomic mass is 15.0. The molecule has 1 heterocycles. The molecule has 1 radical (unpaired) electrons. The molecule has 5 N–H and O–H groups in total. The molecule has 75 valence electrons. The van der Waals surface area contributed by atoms with E-state index in [1.54, 1.807) is 0 Å². The van der Waals surface area contributed by atoms with Crippen LogP contribution in [0.2, 0.25) is 0 Å². The molecule has 13 heavy (non-hydrogen) atoms. The summed E-state index contributed by atoms with van der Waals surface area (Å²) in [4.78, 5) is 0. The molecule has 5 nitrogen and oxygen atoms in total. The Morgan fingerprint density at radius 2 is 2.38 bits per heavy atom. The van der Waals surface area contributed by atoms with Gasteiger partial charge in [-0.25, -0.2) is 5.32 Å². The predicted octanol–water partition coefficient (Wildman–Crippen LogP) is -1.17. The summed E-state index contributed by atoms with van der Waals surface area (Å²) in [6.07, 6.45) is 2.16. The highest BCUT2D eigenvalue weighted by molar-refractivity contribution is 5.74. The fraction of sp³-hybridized carbons (Fsp3) is 0.875. The number of nitrogens with one attached hydrogen (secondary N) is 3. The van der Waals surface area contributed by atoms with Crippen LogP contribution in [0.1, 0.15) is 12.8 Å². The Balaban J connectivity index is 1.86. The normalized spacial score (nSPS) is 21.7. The number of nitrogens with two attached hydrogens (primary N) is 1. The molecule has 0 saturated carbocycles. The van der Waals surface area contributed by atoms with E-state index in [-0.39, 0.29) is 5.96 Å². The van der Waals surface area contributed by atoms with Crippen LogP contribution in [0, 0.1) is 5.41 Å². The number of rotatable bonds is 5. The molecular weight excluding hydrogens is 166 g/mol. The van der Waals surface area contributed by atoms with Gasteiger partial charge in [0.15, 0.2) is 5.96 Å². The van der Waals surface area contributed by atoms with Crippen LogP contribution in [-0.2, 0) is 0 Å². The zero-order valence-electron chi connectivity index (χ0n) is 7.84. The van der Waals surface area contributed by atoms with Crippen molar-refractivity contribution in [2.24, 2.45) is 5.73 Å². The van der Waals surface area contributed by atoms with Gasteiger partial charge in [-0.1, -0.05) is 0 Å². The SMILES string of the molecule is N=C(N)NCCCNC1CC[N]C1. The predicted molar refractivity (Wildman–Crippen MR) is 52.8 cm³/mol. The molecule has 1 rings (SSSR count). The van der Waals surface area contributed by atoms with Crippen molar-refractivity contribution in [3.8, 4) is 0 Å². The van der Waals surface area contributed by atoms with Gasteiger partial charge >= 0.3 is 0 Å². The van der Waals surface area contributed by atoms with Gasteiger partial charge in [0, 0.05) is 25.7 Å². The van der Waals surface area contributed by atoms with Crippen LogP contribution in [-0.4, -0.2) is 38.2 Å². The van der Waals surface area contributed by atoms with E-state index in [0.717, 1.165) is 32.6 Å². The molecule has 1 atom stereocenters. The van der Waals surface area contributed by atoms with Gasteiger partial charge in [0.2, 0.25) is 0 Å². The fourth-order valence-corrected chi connectivity index (χ4v) is 1.37. The first-order chi connectivity index (χ1) is 6.29. The second-order valence-electron chi connectivity index (χ2n) is 3.26.